The molecule has 0 saturated heterocycles. The van der Waals surface area contributed by atoms with E-state index in [1.54, 1.807) is 0 Å². The summed E-state index contributed by atoms with van der Waals surface area (Å²) in [6.45, 7) is 6.22. The third-order valence-corrected chi connectivity index (χ3v) is 2.46. The third-order valence-electron chi connectivity index (χ3n) is 2.46. The van der Waals surface area contributed by atoms with Crippen molar-refractivity contribution < 1.29 is 9.53 Å². The molecule has 0 fully saturated rings. The van der Waals surface area contributed by atoms with Crippen molar-refractivity contribution in [3.8, 4) is 0 Å². The van der Waals surface area contributed by atoms with Gasteiger partial charge in [0, 0.05) is 0 Å². The topological polar surface area (TPSA) is 26.3 Å². The molecule has 72 valence electrons. The summed E-state index contributed by atoms with van der Waals surface area (Å²) in [6, 6.07) is 0. The first-order valence-electron chi connectivity index (χ1n) is 4.75. The summed E-state index contributed by atoms with van der Waals surface area (Å²) in [5.41, 5.74) is 0. The van der Waals surface area contributed by atoms with E-state index in [2.05, 4.69) is 13.8 Å². The number of rotatable bonds is 5. The van der Waals surface area contributed by atoms with Crippen LogP contribution in [0.3, 0.4) is 0 Å². The smallest absolute Gasteiger partial charge is 0.308 e. The van der Waals surface area contributed by atoms with Crippen LogP contribution in [-0.4, -0.2) is 13.1 Å². The molecule has 12 heavy (non-hydrogen) atoms. The lowest BCUT2D eigenvalue weighted by Gasteiger charge is -2.19. The molecular formula is C10H20O2. The quantitative estimate of drug-likeness (QED) is 0.596. The summed E-state index contributed by atoms with van der Waals surface area (Å²) in [6.07, 6.45) is 3.32. The van der Waals surface area contributed by atoms with Gasteiger partial charge in [-0.3, -0.25) is 4.79 Å². The fourth-order valence-electron chi connectivity index (χ4n) is 1.56. The Hall–Kier alpha value is -0.530. The van der Waals surface area contributed by atoms with Gasteiger partial charge in [0.15, 0.2) is 0 Å². The molecule has 2 nitrogen and oxygen atoms in total. The minimum atomic E-state index is -0.0738. The number of esters is 1. The minimum absolute atomic E-state index is 0.0555. The summed E-state index contributed by atoms with van der Waals surface area (Å²) in [5, 5.41) is 0. The fourth-order valence-corrected chi connectivity index (χ4v) is 1.56. The zero-order valence-electron chi connectivity index (χ0n) is 8.59. The lowest BCUT2D eigenvalue weighted by atomic mass is 9.88. The van der Waals surface area contributed by atoms with E-state index in [9.17, 15) is 4.79 Å². The van der Waals surface area contributed by atoms with E-state index in [0.717, 1.165) is 19.3 Å². The second kappa shape index (κ2) is 6.04. The molecule has 0 aromatic heterocycles. The van der Waals surface area contributed by atoms with Gasteiger partial charge in [0.05, 0.1) is 13.0 Å². The van der Waals surface area contributed by atoms with Gasteiger partial charge in [0.25, 0.3) is 0 Å². The first-order chi connectivity index (χ1) is 5.67. The first kappa shape index (κ1) is 11.5. The first-order valence-corrected chi connectivity index (χ1v) is 4.75. The zero-order valence-corrected chi connectivity index (χ0v) is 8.59. The molecule has 2 unspecified atom stereocenters. The van der Waals surface area contributed by atoms with Crippen LogP contribution in [0.4, 0.5) is 0 Å². The van der Waals surface area contributed by atoms with Gasteiger partial charge in [-0.15, -0.1) is 0 Å². The number of methoxy groups -OCH3 is 1. The van der Waals surface area contributed by atoms with Crippen molar-refractivity contribution in [2.75, 3.05) is 7.11 Å². The van der Waals surface area contributed by atoms with Gasteiger partial charge in [-0.1, -0.05) is 33.6 Å². The van der Waals surface area contributed by atoms with Crippen molar-refractivity contribution in [2.24, 2.45) is 11.8 Å². The molecule has 2 heteroatoms. The molecule has 0 amide bonds. The van der Waals surface area contributed by atoms with Crippen molar-refractivity contribution in [1.29, 1.82) is 0 Å². The molecule has 0 heterocycles. The number of hydrogen-bond acceptors (Lipinski definition) is 2. The Morgan fingerprint density at radius 1 is 1.42 bits per heavy atom. The molecule has 0 radical (unpaired) electrons. The molecule has 0 aromatic rings. The van der Waals surface area contributed by atoms with Crippen molar-refractivity contribution in [3.63, 3.8) is 0 Å². The summed E-state index contributed by atoms with van der Waals surface area (Å²) in [7, 11) is 1.46. The predicted molar refractivity (Wildman–Crippen MR) is 49.9 cm³/mol. The molecule has 0 spiro atoms. The van der Waals surface area contributed by atoms with Crippen LogP contribution in [0, 0.1) is 11.8 Å². The summed E-state index contributed by atoms with van der Waals surface area (Å²) in [5.74, 6) is 0.470. The van der Waals surface area contributed by atoms with Crippen LogP contribution in [-0.2, 0) is 9.53 Å². The highest BCUT2D eigenvalue weighted by atomic mass is 16.5. The van der Waals surface area contributed by atoms with E-state index in [-0.39, 0.29) is 11.9 Å². The zero-order chi connectivity index (χ0) is 9.56. The van der Waals surface area contributed by atoms with Gasteiger partial charge in [0.2, 0.25) is 0 Å². The van der Waals surface area contributed by atoms with Gasteiger partial charge in [-0.05, 0) is 12.3 Å². The monoisotopic (exact) mass is 172 g/mol. The number of carbonyl (C=O) groups is 1. The van der Waals surface area contributed by atoms with Crippen LogP contribution < -0.4 is 0 Å². The van der Waals surface area contributed by atoms with Gasteiger partial charge >= 0.3 is 5.97 Å². The Bertz CT molecular complexity index is 132. The third kappa shape index (κ3) is 3.24. The molecule has 0 aliphatic rings. The van der Waals surface area contributed by atoms with E-state index in [0.29, 0.717) is 5.92 Å². The molecule has 0 rings (SSSR count). The Morgan fingerprint density at radius 2 is 2.00 bits per heavy atom. The molecule has 0 aliphatic heterocycles. The maximum atomic E-state index is 11.2. The second-order valence-electron chi connectivity index (χ2n) is 3.27. The van der Waals surface area contributed by atoms with E-state index >= 15 is 0 Å². The molecule has 2 atom stereocenters. The van der Waals surface area contributed by atoms with Gasteiger partial charge < -0.3 is 4.74 Å². The Morgan fingerprint density at radius 3 is 2.33 bits per heavy atom. The van der Waals surface area contributed by atoms with Crippen molar-refractivity contribution >= 4 is 5.97 Å². The van der Waals surface area contributed by atoms with E-state index in [1.807, 2.05) is 6.92 Å². The Kier molecular flexibility index (Phi) is 5.77. The van der Waals surface area contributed by atoms with E-state index < -0.39 is 0 Å². The summed E-state index contributed by atoms with van der Waals surface area (Å²) >= 11 is 0. The lowest BCUT2D eigenvalue weighted by molar-refractivity contribution is -0.146. The summed E-state index contributed by atoms with van der Waals surface area (Å²) in [4.78, 5) is 11.2. The highest BCUT2D eigenvalue weighted by Gasteiger charge is 2.21. The van der Waals surface area contributed by atoms with Crippen LogP contribution in [0.25, 0.3) is 0 Å². The van der Waals surface area contributed by atoms with Crippen molar-refractivity contribution in [3.05, 3.63) is 0 Å². The van der Waals surface area contributed by atoms with Crippen LogP contribution in [0.2, 0.25) is 0 Å². The van der Waals surface area contributed by atoms with Crippen LogP contribution >= 0.6 is 0 Å². The average molecular weight is 172 g/mol. The van der Waals surface area contributed by atoms with Crippen LogP contribution in [0.1, 0.15) is 40.0 Å². The molecule has 0 bridgehead atoms. The maximum Gasteiger partial charge on any atom is 0.308 e. The van der Waals surface area contributed by atoms with Crippen LogP contribution in [0.15, 0.2) is 0 Å². The number of ether oxygens (including phenoxy) is 1. The molecular weight excluding hydrogens is 152 g/mol. The highest BCUT2D eigenvalue weighted by Crippen LogP contribution is 2.21. The number of carbonyl (C=O) groups excluding carboxylic acids is 1. The lowest BCUT2D eigenvalue weighted by Crippen LogP contribution is -2.21. The number of hydrogen-bond donors (Lipinski definition) is 0. The normalized spacial score (nSPS) is 15.3. The van der Waals surface area contributed by atoms with Crippen molar-refractivity contribution in [1.82, 2.24) is 0 Å². The van der Waals surface area contributed by atoms with E-state index in [4.69, 9.17) is 4.74 Å². The predicted octanol–water partition coefficient (Wildman–Crippen LogP) is 2.62. The Labute approximate surface area is 75.3 Å². The standard InChI is InChI=1S/C10H20O2/c1-5-7-9(6-2)8(3)10(11)12-4/h8-9H,5-7H2,1-4H3. The molecule has 0 saturated carbocycles. The highest BCUT2D eigenvalue weighted by molar-refractivity contribution is 5.72. The van der Waals surface area contributed by atoms with Gasteiger partial charge in [-0.25, -0.2) is 0 Å². The average Bonchev–Trinajstić information content (AvgIpc) is 2.11. The summed E-state index contributed by atoms with van der Waals surface area (Å²) < 4.78 is 4.70. The molecule has 0 N–H and O–H groups in total. The van der Waals surface area contributed by atoms with Gasteiger partial charge in [-0.2, -0.15) is 0 Å². The Balaban J connectivity index is 4.00. The second-order valence-corrected chi connectivity index (χ2v) is 3.27. The minimum Gasteiger partial charge on any atom is -0.469 e. The van der Waals surface area contributed by atoms with E-state index in [1.165, 1.54) is 7.11 Å². The molecule has 0 aliphatic carbocycles. The van der Waals surface area contributed by atoms with Gasteiger partial charge in [0.1, 0.15) is 0 Å². The molecule has 0 aromatic carbocycles. The maximum absolute atomic E-state index is 11.2. The van der Waals surface area contributed by atoms with Crippen LogP contribution in [0.5, 0.6) is 0 Å². The fraction of sp³-hybridized carbons (Fsp3) is 0.900. The van der Waals surface area contributed by atoms with Crippen molar-refractivity contribution in [2.45, 2.75) is 40.0 Å². The largest absolute Gasteiger partial charge is 0.469 e. The SMILES string of the molecule is CCCC(CC)C(C)C(=O)OC.